The summed E-state index contributed by atoms with van der Waals surface area (Å²) in [7, 11) is 1.86. The van der Waals surface area contributed by atoms with Gasteiger partial charge in [-0.1, -0.05) is 26.2 Å². The highest BCUT2D eigenvalue weighted by molar-refractivity contribution is 4.83. The highest BCUT2D eigenvalue weighted by atomic mass is 16.5. The van der Waals surface area contributed by atoms with Gasteiger partial charge in [0.1, 0.15) is 0 Å². The van der Waals surface area contributed by atoms with Crippen molar-refractivity contribution >= 4 is 0 Å². The van der Waals surface area contributed by atoms with E-state index < -0.39 is 0 Å². The lowest BCUT2D eigenvalue weighted by molar-refractivity contribution is -0.0168. The Kier molecular flexibility index (Phi) is 6.11. The Morgan fingerprint density at radius 2 is 1.95 bits per heavy atom. The van der Waals surface area contributed by atoms with Crippen LogP contribution in [0.25, 0.3) is 0 Å². The topological polar surface area (TPSA) is 24.5 Å². The second-order valence-corrected chi connectivity index (χ2v) is 6.63. The van der Waals surface area contributed by atoms with Gasteiger partial charge in [-0.3, -0.25) is 4.90 Å². The van der Waals surface area contributed by atoms with Crippen LogP contribution in [0.4, 0.5) is 0 Å². The van der Waals surface area contributed by atoms with E-state index in [0.29, 0.717) is 18.1 Å². The van der Waals surface area contributed by atoms with E-state index in [9.17, 15) is 0 Å². The Morgan fingerprint density at radius 3 is 2.63 bits per heavy atom. The number of methoxy groups -OCH3 is 1. The van der Waals surface area contributed by atoms with Crippen LogP contribution in [0.2, 0.25) is 0 Å². The smallest absolute Gasteiger partial charge is 0.0724 e. The highest BCUT2D eigenvalue weighted by Crippen LogP contribution is 2.21. The molecule has 3 atom stereocenters. The summed E-state index contributed by atoms with van der Waals surface area (Å²) in [6, 6.07) is 1.41. The number of hydrogen-bond acceptors (Lipinski definition) is 3. The molecule has 1 aliphatic heterocycles. The molecule has 3 heteroatoms. The Balaban J connectivity index is 1.71. The first-order valence-corrected chi connectivity index (χ1v) is 8.21. The second-order valence-electron chi connectivity index (χ2n) is 6.63. The quantitative estimate of drug-likeness (QED) is 0.829. The molecule has 1 saturated heterocycles. The molecule has 2 aliphatic rings. The van der Waals surface area contributed by atoms with Gasteiger partial charge < -0.3 is 10.1 Å². The molecule has 0 spiro atoms. The normalized spacial score (nSPS) is 32.4. The Labute approximate surface area is 119 Å². The first-order chi connectivity index (χ1) is 9.20. The van der Waals surface area contributed by atoms with E-state index in [1.54, 1.807) is 0 Å². The predicted molar refractivity (Wildman–Crippen MR) is 80.5 cm³/mol. The van der Waals surface area contributed by atoms with Crippen molar-refractivity contribution in [2.24, 2.45) is 5.92 Å². The van der Waals surface area contributed by atoms with Gasteiger partial charge in [-0.15, -0.1) is 0 Å². The number of ether oxygens (including phenoxy) is 1. The van der Waals surface area contributed by atoms with Crippen molar-refractivity contribution in [2.75, 3.05) is 26.7 Å². The van der Waals surface area contributed by atoms with Crippen LogP contribution in [0.3, 0.4) is 0 Å². The SMILES string of the molecule is COC1CN(C(C)CNC2CCCCC2)CCC1C. The van der Waals surface area contributed by atoms with Gasteiger partial charge in [0.15, 0.2) is 0 Å². The molecule has 0 aromatic heterocycles. The third-order valence-electron chi connectivity index (χ3n) is 5.15. The van der Waals surface area contributed by atoms with E-state index in [1.165, 1.54) is 45.1 Å². The number of rotatable bonds is 5. The second kappa shape index (κ2) is 7.61. The van der Waals surface area contributed by atoms with Crippen LogP contribution in [0, 0.1) is 5.92 Å². The summed E-state index contributed by atoms with van der Waals surface area (Å²) in [5.74, 6) is 0.708. The van der Waals surface area contributed by atoms with Crippen molar-refractivity contribution in [3.63, 3.8) is 0 Å². The largest absolute Gasteiger partial charge is 0.380 e. The zero-order valence-corrected chi connectivity index (χ0v) is 13.0. The van der Waals surface area contributed by atoms with Crippen LogP contribution in [0.15, 0.2) is 0 Å². The van der Waals surface area contributed by atoms with Gasteiger partial charge >= 0.3 is 0 Å². The van der Waals surface area contributed by atoms with Gasteiger partial charge in [0.25, 0.3) is 0 Å². The molecular weight excluding hydrogens is 236 g/mol. The van der Waals surface area contributed by atoms with Crippen molar-refractivity contribution < 1.29 is 4.74 Å². The van der Waals surface area contributed by atoms with Crippen LogP contribution < -0.4 is 5.32 Å². The molecule has 3 nitrogen and oxygen atoms in total. The number of nitrogens with zero attached hydrogens (tertiary/aromatic N) is 1. The number of nitrogens with one attached hydrogen (secondary N) is 1. The van der Waals surface area contributed by atoms with E-state index in [1.807, 2.05) is 7.11 Å². The first kappa shape index (κ1) is 15.3. The lowest BCUT2D eigenvalue weighted by Crippen LogP contribution is -2.51. The molecule has 2 fully saturated rings. The maximum atomic E-state index is 5.62. The van der Waals surface area contributed by atoms with E-state index in [4.69, 9.17) is 4.74 Å². The average Bonchev–Trinajstić information content (AvgIpc) is 2.46. The molecule has 0 amide bonds. The molecule has 112 valence electrons. The van der Waals surface area contributed by atoms with Gasteiger partial charge in [-0.05, 0) is 38.6 Å². The van der Waals surface area contributed by atoms with Gasteiger partial charge in [-0.25, -0.2) is 0 Å². The minimum atomic E-state index is 0.422. The fraction of sp³-hybridized carbons (Fsp3) is 1.00. The average molecular weight is 268 g/mol. The van der Waals surface area contributed by atoms with Crippen molar-refractivity contribution in [3.8, 4) is 0 Å². The van der Waals surface area contributed by atoms with E-state index in [-0.39, 0.29) is 0 Å². The lowest BCUT2D eigenvalue weighted by atomic mass is 9.94. The van der Waals surface area contributed by atoms with Gasteiger partial charge in [-0.2, -0.15) is 0 Å². The summed E-state index contributed by atoms with van der Waals surface area (Å²) in [5.41, 5.74) is 0. The molecule has 1 heterocycles. The zero-order valence-electron chi connectivity index (χ0n) is 13.0. The molecule has 0 bridgehead atoms. The highest BCUT2D eigenvalue weighted by Gasteiger charge is 2.28. The minimum Gasteiger partial charge on any atom is -0.380 e. The van der Waals surface area contributed by atoms with Gasteiger partial charge in [0.05, 0.1) is 6.10 Å². The summed E-state index contributed by atoms with van der Waals surface area (Å²) in [4.78, 5) is 2.60. The first-order valence-electron chi connectivity index (χ1n) is 8.21. The zero-order chi connectivity index (χ0) is 13.7. The van der Waals surface area contributed by atoms with E-state index >= 15 is 0 Å². The van der Waals surface area contributed by atoms with Crippen LogP contribution in [-0.2, 0) is 4.74 Å². The molecule has 3 unspecified atom stereocenters. The monoisotopic (exact) mass is 268 g/mol. The van der Waals surface area contributed by atoms with Crippen molar-refractivity contribution in [1.82, 2.24) is 10.2 Å². The summed E-state index contributed by atoms with van der Waals surface area (Å²) >= 11 is 0. The molecular formula is C16H32N2O. The van der Waals surface area contributed by atoms with Crippen molar-refractivity contribution in [2.45, 2.75) is 70.6 Å². The molecule has 1 aliphatic carbocycles. The predicted octanol–water partition coefficient (Wildman–Crippen LogP) is 2.65. The van der Waals surface area contributed by atoms with Crippen molar-refractivity contribution in [3.05, 3.63) is 0 Å². The fourth-order valence-electron chi connectivity index (χ4n) is 3.54. The van der Waals surface area contributed by atoms with Crippen molar-refractivity contribution in [1.29, 1.82) is 0 Å². The van der Waals surface area contributed by atoms with Crippen LogP contribution in [-0.4, -0.2) is 49.8 Å². The number of piperidine rings is 1. The molecule has 19 heavy (non-hydrogen) atoms. The van der Waals surface area contributed by atoms with E-state index in [2.05, 4.69) is 24.1 Å². The van der Waals surface area contributed by atoms with Gasteiger partial charge in [0.2, 0.25) is 0 Å². The molecule has 0 radical (unpaired) electrons. The Hall–Kier alpha value is -0.120. The molecule has 1 saturated carbocycles. The molecule has 2 rings (SSSR count). The molecule has 0 aromatic carbocycles. The van der Waals surface area contributed by atoms with Gasteiger partial charge in [0, 0.05) is 32.3 Å². The molecule has 0 aromatic rings. The fourth-order valence-corrected chi connectivity index (χ4v) is 3.54. The Morgan fingerprint density at radius 1 is 1.21 bits per heavy atom. The van der Waals surface area contributed by atoms with Crippen LogP contribution in [0.1, 0.15) is 52.4 Å². The standard InChI is InChI=1S/C16H32N2O/c1-13-9-10-18(12-16(13)19-3)14(2)11-17-15-7-5-4-6-8-15/h13-17H,4-12H2,1-3H3. The summed E-state index contributed by atoms with van der Waals surface area (Å²) < 4.78 is 5.62. The third kappa shape index (κ3) is 4.44. The lowest BCUT2D eigenvalue weighted by Gasteiger charge is -2.40. The maximum Gasteiger partial charge on any atom is 0.0724 e. The molecule has 1 N–H and O–H groups in total. The van der Waals surface area contributed by atoms with Crippen LogP contribution in [0.5, 0.6) is 0 Å². The maximum absolute atomic E-state index is 5.62. The summed E-state index contributed by atoms with van der Waals surface area (Å²) in [6.45, 7) is 8.14. The van der Waals surface area contributed by atoms with Crippen LogP contribution >= 0.6 is 0 Å². The van der Waals surface area contributed by atoms with E-state index in [0.717, 1.165) is 19.1 Å². The Bertz CT molecular complexity index is 253. The third-order valence-corrected chi connectivity index (χ3v) is 5.15. The summed E-state index contributed by atoms with van der Waals surface area (Å²) in [6.07, 6.45) is 8.72. The minimum absolute atomic E-state index is 0.422. The summed E-state index contributed by atoms with van der Waals surface area (Å²) in [5, 5.41) is 3.78. The number of hydrogen-bond donors (Lipinski definition) is 1. The number of likely N-dealkylation sites (tertiary alicyclic amines) is 1.